The van der Waals surface area contributed by atoms with E-state index in [1.807, 2.05) is 35.4 Å². The Balaban J connectivity index is 1.74. The number of carbonyl (C=O) groups excluding carboxylic acids is 1. The number of hydrogen-bond acceptors (Lipinski definition) is 2. The minimum atomic E-state index is -0.223. The summed E-state index contributed by atoms with van der Waals surface area (Å²) in [7, 11) is 0. The second-order valence-corrected chi connectivity index (χ2v) is 6.11. The highest BCUT2D eigenvalue weighted by molar-refractivity contribution is 6.30. The maximum atomic E-state index is 11.6. The minimum absolute atomic E-state index is 0.132. The van der Waals surface area contributed by atoms with E-state index in [0.29, 0.717) is 6.54 Å². The van der Waals surface area contributed by atoms with Gasteiger partial charge in [-0.05, 0) is 36.1 Å². The van der Waals surface area contributed by atoms with Crippen molar-refractivity contribution in [2.75, 3.05) is 13.1 Å². The van der Waals surface area contributed by atoms with Crippen molar-refractivity contribution in [1.82, 2.24) is 4.90 Å². The standard InChI is InChI=1S/C16H18ClNO2/c1-12(19)18-8-2-7-16(11-18)9-14(10-20-16)13-3-5-15(17)6-4-13/h3-6,10H,2,7-9,11H2,1H3. The van der Waals surface area contributed by atoms with Crippen molar-refractivity contribution in [2.24, 2.45) is 0 Å². The number of nitrogens with zero attached hydrogens (tertiary/aromatic N) is 1. The molecule has 3 nitrogen and oxygen atoms in total. The van der Waals surface area contributed by atoms with Crippen molar-refractivity contribution >= 4 is 23.1 Å². The van der Waals surface area contributed by atoms with Gasteiger partial charge in [-0.1, -0.05) is 23.7 Å². The van der Waals surface area contributed by atoms with Gasteiger partial charge in [0.25, 0.3) is 0 Å². The first kappa shape index (κ1) is 13.5. The van der Waals surface area contributed by atoms with Gasteiger partial charge in [0.1, 0.15) is 5.60 Å². The van der Waals surface area contributed by atoms with Crippen molar-refractivity contribution in [3.05, 3.63) is 41.1 Å². The second kappa shape index (κ2) is 5.13. The highest BCUT2D eigenvalue weighted by Gasteiger charge is 2.41. The van der Waals surface area contributed by atoms with E-state index in [2.05, 4.69) is 0 Å². The number of likely N-dealkylation sites (tertiary alicyclic amines) is 1. The zero-order chi connectivity index (χ0) is 14.2. The second-order valence-electron chi connectivity index (χ2n) is 5.67. The molecule has 3 rings (SSSR count). The lowest BCUT2D eigenvalue weighted by atomic mass is 9.86. The van der Waals surface area contributed by atoms with Crippen LogP contribution in [0.15, 0.2) is 30.5 Å². The topological polar surface area (TPSA) is 29.5 Å². The molecule has 1 amide bonds. The number of rotatable bonds is 1. The Labute approximate surface area is 124 Å². The molecule has 0 N–H and O–H groups in total. The van der Waals surface area contributed by atoms with Crippen LogP contribution in [0.2, 0.25) is 5.02 Å². The summed E-state index contributed by atoms with van der Waals surface area (Å²) in [5, 5.41) is 0.739. The lowest BCUT2D eigenvalue weighted by Gasteiger charge is -2.39. The number of benzene rings is 1. The third-order valence-electron chi connectivity index (χ3n) is 4.16. The van der Waals surface area contributed by atoms with E-state index in [9.17, 15) is 4.79 Å². The molecule has 1 fully saturated rings. The molecule has 2 aliphatic rings. The molecule has 0 aliphatic carbocycles. The Morgan fingerprint density at radius 2 is 2.10 bits per heavy atom. The number of hydrogen-bond donors (Lipinski definition) is 0. The average molecular weight is 292 g/mol. The van der Waals surface area contributed by atoms with Crippen LogP contribution in [-0.4, -0.2) is 29.5 Å². The molecular weight excluding hydrogens is 274 g/mol. The molecule has 0 saturated carbocycles. The number of halogens is 1. The summed E-state index contributed by atoms with van der Waals surface area (Å²) in [6, 6.07) is 7.82. The van der Waals surface area contributed by atoms with Gasteiger partial charge in [-0.3, -0.25) is 4.79 Å². The Morgan fingerprint density at radius 3 is 2.80 bits per heavy atom. The van der Waals surface area contributed by atoms with Crippen LogP contribution >= 0.6 is 11.6 Å². The van der Waals surface area contributed by atoms with Crippen molar-refractivity contribution in [3.8, 4) is 0 Å². The van der Waals surface area contributed by atoms with Gasteiger partial charge in [0.15, 0.2) is 0 Å². The summed E-state index contributed by atoms with van der Waals surface area (Å²) < 4.78 is 5.97. The molecule has 106 valence electrons. The van der Waals surface area contributed by atoms with E-state index < -0.39 is 0 Å². The molecule has 1 aromatic carbocycles. The Morgan fingerprint density at radius 1 is 1.35 bits per heavy atom. The normalized spacial score (nSPS) is 25.5. The predicted octanol–water partition coefficient (Wildman–Crippen LogP) is 3.48. The van der Waals surface area contributed by atoms with E-state index in [1.165, 1.54) is 5.57 Å². The highest BCUT2D eigenvalue weighted by atomic mass is 35.5. The van der Waals surface area contributed by atoms with Crippen LogP contribution in [0.4, 0.5) is 0 Å². The van der Waals surface area contributed by atoms with Crippen LogP contribution in [0, 0.1) is 0 Å². The van der Waals surface area contributed by atoms with Gasteiger partial charge in [0.2, 0.25) is 5.91 Å². The monoisotopic (exact) mass is 291 g/mol. The molecule has 1 saturated heterocycles. The summed E-state index contributed by atoms with van der Waals surface area (Å²) in [4.78, 5) is 13.5. The van der Waals surface area contributed by atoms with Gasteiger partial charge in [-0.15, -0.1) is 0 Å². The summed E-state index contributed by atoms with van der Waals surface area (Å²) in [5.41, 5.74) is 2.11. The SMILES string of the molecule is CC(=O)N1CCCC2(CC(c3ccc(Cl)cc3)=CO2)C1. The first-order chi connectivity index (χ1) is 9.58. The molecule has 2 heterocycles. The van der Waals surface area contributed by atoms with Gasteiger partial charge >= 0.3 is 0 Å². The van der Waals surface area contributed by atoms with E-state index in [-0.39, 0.29) is 11.5 Å². The van der Waals surface area contributed by atoms with Gasteiger partial charge in [0, 0.05) is 24.9 Å². The van der Waals surface area contributed by atoms with Crippen LogP contribution in [0.1, 0.15) is 31.7 Å². The molecule has 1 unspecified atom stereocenters. The van der Waals surface area contributed by atoms with Crippen molar-refractivity contribution in [3.63, 3.8) is 0 Å². The van der Waals surface area contributed by atoms with Crippen LogP contribution < -0.4 is 0 Å². The number of ether oxygens (including phenoxy) is 1. The first-order valence-electron chi connectivity index (χ1n) is 6.96. The zero-order valence-corrected chi connectivity index (χ0v) is 12.3. The Bertz CT molecular complexity index is 552. The summed E-state index contributed by atoms with van der Waals surface area (Å²) in [6.07, 6.45) is 4.72. The third kappa shape index (κ3) is 2.55. The summed E-state index contributed by atoms with van der Waals surface area (Å²) in [6.45, 7) is 3.16. The molecular formula is C16H18ClNO2. The first-order valence-corrected chi connectivity index (χ1v) is 7.34. The van der Waals surface area contributed by atoms with Gasteiger partial charge < -0.3 is 9.64 Å². The lowest BCUT2D eigenvalue weighted by molar-refractivity contribution is -0.135. The molecule has 0 aromatic heterocycles. The van der Waals surface area contributed by atoms with Crippen LogP contribution in [-0.2, 0) is 9.53 Å². The fraction of sp³-hybridized carbons (Fsp3) is 0.438. The maximum Gasteiger partial charge on any atom is 0.219 e. The van der Waals surface area contributed by atoms with Crippen LogP contribution in [0.3, 0.4) is 0 Å². The molecule has 1 atom stereocenters. The minimum Gasteiger partial charge on any atom is -0.492 e. The predicted molar refractivity (Wildman–Crippen MR) is 79.4 cm³/mol. The molecule has 1 spiro atoms. The Kier molecular flexibility index (Phi) is 3.47. The van der Waals surface area contributed by atoms with Crippen molar-refractivity contribution in [1.29, 1.82) is 0 Å². The zero-order valence-electron chi connectivity index (χ0n) is 11.6. The summed E-state index contributed by atoms with van der Waals surface area (Å²) in [5.74, 6) is 0.132. The quantitative estimate of drug-likeness (QED) is 0.793. The maximum absolute atomic E-state index is 11.6. The van der Waals surface area contributed by atoms with Crippen LogP contribution in [0.5, 0.6) is 0 Å². The number of carbonyl (C=O) groups is 1. The molecule has 0 bridgehead atoms. The highest BCUT2D eigenvalue weighted by Crippen LogP contribution is 2.40. The fourth-order valence-electron chi connectivity index (χ4n) is 3.07. The number of amides is 1. The third-order valence-corrected chi connectivity index (χ3v) is 4.42. The molecule has 4 heteroatoms. The van der Waals surface area contributed by atoms with E-state index in [4.69, 9.17) is 16.3 Å². The molecule has 2 aliphatic heterocycles. The largest absolute Gasteiger partial charge is 0.492 e. The smallest absolute Gasteiger partial charge is 0.219 e. The molecule has 20 heavy (non-hydrogen) atoms. The van der Waals surface area contributed by atoms with Crippen LogP contribution in [0.25, 0.3) is 5.57 Å². The molecule has 1 aromatic rings. The fourth-order valence-corrected chi connectivity index (χ4v) is 3.19. The summed E-state index contributed by atoms with van der Waals surface area (Å²) >= 11 is 5.92. The van der Waals surface area contributed by atoms with Gasteiger partial charge in [0.05, 0.1) is 12.8 Å². The number of piperidine rings is 1. The average Bonchev–Trinajstić information content (AvgIpc) is 2.83. The van der Waals surface area contributed by atoms with Gasteiger partial charge in [-0.2, -0.15) is 0 Å². The van der Waals surface area contributed by atoms with Crippen molar-refractivity contribution in [2.45, 2.75) is 31.8 Å². The van der Waals surface area contributed by atoms with E-state index >= 15 is 0 Å². The van der Waals surface area contributed by atoms with Crippen molar-refractivity contribution < 1.29 is 9.53 Å². The van der Waals surface area contributed by atoms with Gasteiger partial charge in [-0.25, -0.2) is 0 Å². The lowest BCUT2D eigenvalue weighted by Crippen LogP contribution is -2.49. The Hall–Kier alpha value is -1.48. The van der Waals surface area contributed by atoms with E-state index in [0.717, 1.165) is 36.4 Å². The van der Waals surface area contributed by atoms with E-state index in [1.54, 1.807) is 6.92 Å². The molecule has 0 radical (unpaired) electrons.